The van der Waals surface area contributed by atoms with E-state index in [4.69, 9.17) is 0 Å². The Balaban J connectivity index is 0.000000336. The summed E-state index contributed by atoms with van der Waals surface area (Å²) in [7, 11) is -1.11. The SMILES string of the molecule is Cc1csc([Si](C)(C)C)n1.[Li][CH2]CCC. The molecule has 0 saturated carbocycles. The van der Waals surface area contributed by atoms with Crippen molar-refractivity contribution in [1.29, 1.82) is 0 Å². The molecule has 1 nitrogen and oxygen atoms in total. The first-order valence-electron chi connectivity index (χ1n) is 5.84. The monoisotopic (exact) mass is 235 g/mol. The Morgan fingerprint density at radius 3 is 2.13 bits per heavy atom. The quantitative estimate of drug-likeness (QED) is 0.732. The molecule has 1 rings (SSSR count). The molecule has 0 amide bonds. The van der Waals surface area contributed by atoms with E-state index in [9.17, 15) is 0 Å². The second-order valence-electron chi connectivity index (χ2n) is 4.90. The minimum atomic E-state index is -1.11. The van der Waals surface area contributed by atoms with Gasteiger partial charge in [-0.3, -0.25) is 4.98 Å². The number of thiazole rings is 1. The van der Waals surface area contributed by atoms with Crippen LogP contribution in [0, 0.1) is 6.92 Å². The minimum absolute atomic E-state index is 1.11. The molecular weight excluding hydrogens is 213 g/mol. The number of nitrogens with zero attached hydrogens (tertiary/aromatic N) is 1. The summed E-state index contributed by atoms with van der Waals surface area (Å²) in [5.74, 6) is 0. The van der Waals surface area contributed by atoms with Gasteiger partial charge in [0.15, 0.2) is 0 Å². The Bertz CT molecular complexity index is 266. The van der Waals surface area contributed by atoms with Crippen molar-refractivity contribution < 1.29 is 0 Å². The van der Waals surface area contributed by atoms with E-state index in [1.54, 1.807) is 0 Å². The van der Waals surface area contributed by atoms with E-state index in [0.29, 0.717) is 0 Å². The number of hydrogen-bond donors (Lipinski definition) is 0. The molecule has 0 aliphatic rings. The third-order valence-corrected chi connectivity index (χ3v) is 6.33. The van der Waals surface area contributed by atoms with Crippen LogP contribution in [-0.4, -0.2) is 30.8 Å². The van der Waals surface area contributed by atoms with Crippen LogP contribution in [0.4, 0.5) is 0 Å². The molecule has 0 spiro atoms. The van der Waals surface area contributed by atoms with E-state index in [1.165, 1.54) is 28.3 Å². The van der Waals surface area contributed by atoms with Gasteiger partial charge in [0.05, 0.1) is 4.63 Å². The third kappa shape index (κ3) is 7.35. The summed E-state index contributed by atoms with van der Waals surface area (Å²) in [6, 6.07) is 0. The molecule has 0 saturated heterocycles. The number of aromatic nitrogens is 1. The van der Waals surface area contributed by atoms with Crippen molar-refractivity contribution in [3.05, 3.63) is 11.1 Å². The first-order valence-corrected chi connectivity index (χ1v) is 10.2. The van der Waals surface area contributed by atoms with E-state index in [0.717, 1.165) is 0 Å². The zero-order valence-corrected chi connectivity index (χ0v) is 12.9. The van der Waals surface area contributed by atoms with E-state index in [-0.39, 0.29) is 0 Å². The maximum atomic E-state index is 4.46. The van der Waals surface area contributed by atoms with Crippen LogP contribution in [0.25, 0.3) is 0 Å². The van der Waals surface area contributed by atoms with Gasteiger partial charge in [-0.25, -0.2) is 0 Å². The summed E-state index contributed by atoms with van der Waals surface area (Å²) in [5.41, 5.74) is 1.17. The second-order valence-corrected chi connectivity index (χ2v) is 11.1. The molecule has 82 valence electrons. The Kier molecular flexibility index (Phi) is 7.90. The number of rotatable bonds is 3. The van der Waals surface area contributed by atoms with Crippen LogP contribution in [0.1, 0.15) is 25.5 Å². The van der Waals surface area contributed by atoms with Crippen LogP contribution in [0.5, 0.6) is 0 Å². The average molecular weight is 235 g/mol. The first-order chi connectivity index (χ1) is 6.91. The molecule has 4 heteroatoms. The fraction of sp³-hybridized carbons (Fsp3) is 0.727. The predicted molar refractivity (Wildman–Crippen MR) is 75.3 cm³/mol. The van der Waals surface area contributed by atoms with Crippen LogP contribution in [-0.2, 0) is 0 Å². The summed E-state index contributed by atoms with van der Waals surface area (Å²) >= 11 is 4.02. The molecule has 0 bridgehead atoms. The molecule has 1 aromatic rings. The standard InChI is InChI=1S/C7H13NSSi.C4H9.Li/c1-6-5-9-7(8-6)10(2,3)4;1-3-4-2;/h5H,1-4H3;1,3-4H2,2H3;. The summed E-state index contributed by atoms with van der Waals surface area (Å²) < 4.78 is 1.37. The normalized spacial score (nSPS) is 10.9. The van der Waals surface area contributed by atoms with Crippen LogP contribution in [0.2, 0.25) is 24.7 Å². The van der Waals surface area contributed by atoms with Crippen LogP contribution >= 0.6 is 11.3 Å². The molecule has 0 aliphatic heterocycles. The fourth-order valence-electron chi connectivity index (χ4n) is 1.05. The number of unbranched alkanes of at least 4 members (excludes halogenated alkanes) is 1. The Labute approximate surface area is 109 Å². The Morgan fingerprint density at radius 2 is 2.00 bits per heavy atom. The average Bonchev–Trinajstić information content (AvgIpc) is 2.53. The summed E-state index contributed by atoms with van der Waals surface area (Å²) in [5, 5.41) is 3.48. The van der Waals surface area contributed by atoms with Crippen molar-refractivity contribution in [3.63, 3.8) is 0 Å². The van der Waals surface area contributed by atoms with Gasteiger partial charge in [0.25, 0.3) is 0 Å². The van der Waals surface area contributed by atoms with Gasteiger partial charge in [0, 0.05) is 11.1 Å². The van der Waals surface area contributed by atoms with E-state index < -0.39 is 8.07 Å². The molecule has 0 N–H and O–H groups in total. The molecule has 15 heavy (non-hydrogen) atoms. The summed E-state index contributed by atoms with van der Waals surface area (Å²) in [6.45, 7) is 11.2. The third-order valence-electron chi connectivity index (χ3n) is 1.97. The second kappa shape index (κ2) is 7.67. The molecule has 1 aromatic heterocycles. The topological polar surface area (TPSA) is 12.9 Å². The summed E-state index contributed by atoms with van der Waals surface area (Å²) in [6.07, 6.45) is 2.73. The van der Waals surface area contributed by atoms with Crippen molar-refractivity contribution in [2.75, 3.05) is 0 Å². The van der Waals surface area contributed by atoms with Crippen molar-refractivity contribution >= 4 is 41.8 Å². The van der Waals surface area contributed by atoms with Crippen LogP contribution < -0.4 is 4.63 Å². The van der Waals surface area contributed by atoms with E-state index in [1.807, 2.05) is 11.3 Å². The van der Waals surface area contributed by atoms with Gasteiger partial charge >= 0.3 is 42.6 Å². The van der Waals surface area contributed by atoms with Crippen LogP contribution in [0.15, 0.2) is 5.38 Å². The molecule has 0 atom stereocenters. The maximum absolute atomic E-state index is 4.46. The number of aryl methyl sites for hydroxylation is 1. The zero-order valence-electron chi connectivity index (χ0n) is 11.1. The van der Waals surface area contributed by atoms with Gasteiger partial charge in [-0.1, -0.05) is 19.6 Å². The molecule has 0 aliphatic carbocycles. The number of hydrogen-bond acceptors (Lipinski definition) is 2. The van der Waals surface area contributed by atoms with E-state index >= 15 is 0 Å². The van der Waals surface area contributed by atoms with Gasteiger partial charge in [-0.15, -0.1) is 11.3 Å². The molecule has 0 aromatic carbocycles. The van der Waals surface area contributed by atoms with Gasteiger partial charge in [-0.2, -0.15) is 0 Å². The van der Waals surface area contributed by atoms with Crippen molar-refractivity contribution in [1.82, 2.24) is 4.98 Å². The molecule has 0 fully saturated rings. The van der Waals surface area contributed by atoms with Gasteiger partial charge in [-0.05, 0) is 6.92 Å². The summed E-state index contributed by atoms with van der Waals surface area (Å²) in [4.78, 5) is 4.46. The Morgan fingerprint density at radius 1 is 1.40 bits per heavy atom. The molecule has 0 radical (unpaired) electrons. The molecular formula is C11H22LiNSSi. The Hall–Kier alpha value is 0.444. The van der Waals surface area contributed by atoms with Gasteiger partial charge < -0.3 is 0 Å². The molecule has 1 heterocycles. The van der Waals surface area contributed by atoms with Gasteiger partial charge in [0.2, 0.25) is 0 Å². The predicted octanol–water partition coefficient (Wildman–Crippen LogP) is 3.37. The fourth-order valence-corrected chi connectivity index (χ4v) is 3.69. The van der Waals surface area contributed by atoms with Crippen LogP contribution in [0.3, 0.4) is 0 Å². The zero-order chi connectivity index (χ0) is 11.9. The molecule has 0 unspecified atom stereocenters. The first kappa shape index (κ1) is 15.4. The van der Waals surface area contributed by atoms with Crippen molar-refractivity contribution in [2.45, 2.75) is 51.4 Å². The van der Waals surface area contributed by atoms with Crippen molar-refractivity contribution in [3.8, 4) is 0 Å². The van der Waals surface area contributed by atoms with E-state index in [2.05, 4.69) is 61.6 Å². The van der Waals surface area contributed by atoms with Crippen molar-refractivity contribution in [2.24, 2.45) is 0 Å². The van der Waals surface area contributed by atoms with Gasteiger partial charge in [0.1, 0.15) is 8.07 Å².